The summed E-state index contributed by atoms with van der Waals surface area (Å²) >= 11 is 0. The molecule has 5 nitrogen and oxygen atoms in total. The molecule has 1 aromatic rings. The maximum Gasteiger partial charge on any atom is 0.310 e. The zero-order chi connectivity index (χ0) is 17.5. The second kappa shape index (κ2) is 9.20. The van der Waals surface area contributed by atoms with Gasteiger partial charge in [-0.1, -0.05) is 18.2 Å². The molecular formula is C20H31N3O2. The number of carbonyl (C=O) groups excluding carboxylic acids is 1. The van der Waals surface area contributed by atoms with Crippen LogP contribution in [0.15, 0.2) is 30.3 Å². The van der Waals surface area contributed by atoms with Crippen LogP contribution in [0.1, 0.15) is 19.8 Å². The number of esters is 1. The van der Waals surface area contributed by atoms with E-state index in [2.05, 4.69) is 45.0 Å². The van der Waals surface area contributed by atoms with E-state index in [1.807, 2.05) is 6.92 Å². The van der Waals surface area contributed by atoms with Gasteiger partial charge in [-0.15, -0.1) is 0 Å². The van der Waals surface area contributed by atoms with E-state index in [0.717, 1.165) is 65.2 Å². The largest absolute Gasteiger partial charge is 0.466 e. The van der Waals surface area contributed by atoms with E-state index < -0.39 is 0 Å². The molecule has 0 spiro atoms. The molecule has 0 aliphatic carbocycles. The molecule has 0 amide bonds. The van der Waals surface area contributed by atoms with E-state index in [1.165, 1.54) is 5.69 Å². The van der Waals surface area contributed by atoms with Gasteiger partial charge in [0.25, 0.3) is 0 Å². The quantitative estimate of drug-likeness (QED) is 0.738. The van der Waals surface area contributed by atoms with E-state index in [0.29, 0.717) is 6.61 Å². The highest BCUT2D eigenvalue weighted by molar-refractivity contribution is 5.72. The van der Waals surface area contributed by atoms with Crippen LogP contribution in [0.5, 0.6) is 0 Å². The van der Waals surface area contributed by atoms with Crippen LogP contribution in [-0.2, 0) is 9.53 Å². The van der Waals surface area contributed by atoms with Crippen molar-refractivity contribution in [2.45, 2.75) is 19.8 Å². The van der Waals surface area contributed by atoms with Gasteiger partial charge in [0, 0.05) is 51.5 Å². The molecule has 2 aliphatic heterocycles. The molecule has 2 heterocycles. The predicted octanol–water partition coefficient (Wildman–Crippen LogP) is 2.08. The summed E-state index contributed by atoms with van der Waals surface area (Å²) in [6.45, 7) is 10.9. The van der Waals surface area contributed by atoms with Gasteiger partial charge in [0.1, 0.15) is 0 Å². The Hall–Kier alpha value is -1.59. The number of piperazine rings is 1. The van der Waals surface area contributed by atoms with Gasteiger partial charge in [-0.05, 0) is 38.4 Å². The normalized spacial score (nSPS) is 22.8. The highest BCUT2D eigenvalue weighted by Crippen LogP contribution is 2.18. The fourth-order valence-electron chi connectivity index (χ4n) is 3.86. The Morgan fingerprint density at radius 3 is 2.48 bits per heavy atom. The van der Waals surface area contributed by atoms with Crippen molar-refractivity contribution < 1.29 is 9.53 Å². The lowest BCUT2D eigenvalue weighted by Gasteiger charge is -2.38. The molecule has 0 radical (unpaired) electrons. The highest BCUT2D eigenvalue weighted by atomic mass is 16.5. The maximum absolute atomic E-state index is 12.0. The van der Waals surface area contributed by atoms with Crippen molar-refractivity contribution in [3.05, 3.63) is 30.3 Å². The van der Waals surface area contributed by atoms with E-state index in [9.17, 15) is 4.79 Å². The van der Waals surface area contributed by atoms with Gasteiger partial charge in [0.05, 0.1) is 12.5 Å². The van der Waals surface area contributed by atoms with Crippen molar-refractivity contribution >= 4 is 11.7 Å². The third-order valence-corrected chi connectivity index (χ3v) is 5.35. The number of piperidine rings is 1. The average molecular weight is 345 g/mol. The van der Waals surface area contributed by atoms with Crippen LogP contribution in [0.25, 0.3) is 0 Å². The highest BCUT2D eigenvalue weighted by Gasteiger charge is 2.27. The first-order valence-electron chi connectivity index (χ1n) is 9.67. The topological polar surface area (TPSA) is 36.0 Å². The van der Waals surface area contributed by atoms with Crippen molar-refractivity contribution in [3.8, 4) is 0 Å². The summed E-state index contributed by atoms with van der Waals surface area (Å²) in [5.74, 6) is 0.0623. The zero-order valence-electron chi connectivity index (χ0n) is 15.4. The Morgan fingerprint density at radius 1 is 1.04 bits per heavy atom. The van der Waals surface area contributed by atoms with Crippen LogP contribution in [0, 0.1) is 5.92 Å². The summed E-state index contributed by atoms with van der Waals surface area (Å²) < 4.78 is 5.20. The van der Waals surface area contributed by atoms with Gasteiger partial charge in [-0.3, -0.25) is 9.69 Å². The van der Waals surface area contributed by atoms with Crippen molar-refractivity contribution in [2.75, 3.05) is 63.9 Å². The van der Waals surface area contributed by atoms with Crippen molar-refractivity contribution in [1.29, 1.82) is 0 Å². The van der Waals surface area contributed by atoms with Crippen LogP contribution in [-0.4, -0.2) is 74.7 Å². The molecular weight excluding hydrogens is 314 g/mol. The number of likely N-dealkylation sites (tertiary alicyclic amines) is 1. The molecule has 2 aliphatic rings. The first kappa shape index (κ1) is 18.2. The first-order valence-corrected chi connectivity index (χ1v) is 9.67. The minimum atomic E-state index is -0.0105. The standard InChI is InChI=1S/C20H31N3O2/c1-2-25-20(24)18-7-6-10-22(17-18)12-11-21-13-15-23(16-14-21)19-8-4-3-5-9-19/h3-5,8-9,18H,2,6-7,10-17H2,1H3. The minimum Gasteiger partial charge on any atom is -0.466 e. The zero-order valence-corrected chi connectivity index (χ0v) is 15.4. The van der Waals surface area contributed by atoms with E-state index in [4.69, 9.17) is 4.74 Å². The number of rotatable bonds is 6. The lowest BCUT2D eigenvalue weighted by Crippen LogP contribution is -2.49. The Labute approximate surface area is 151 Å². The predicted molar refractivity (Wildman–Crippen MR) is 101 cm³/mol. The monoisotopic (exact) mass is 345 g/mol. The average Bonchev–Trinajstić information content (AvgIpc) is 2.68. The number of para-hydroxylation sites is 1. The third kappa shape index (κ3) is 5.19. The third-order valence-electron chi connectivity index (χ3n) is 5.35. The van der Waals surface area contributed by atoms with Crippen molar-refractivity contribution in [1.82, 2.24) is 9.80 Å². The molecule has 3 rings (SSSR count). The van der Waals surface area contributed by atoms with Crippen LogP contribution in [0.4, 0.5) is 5.69 Å². The SMILES string of the molecule is CCOC(=O)C1CCCN(CCN2CCN(c3ccccc3)CC2)C1. The summed E-state index contributed by atoms with van der Waals surface area (Å²) in [7, 11) is 0. The summed E-state index contributed by atoms with van der Waals surface area (Å²) in [4.78, 5) is 19.4. The number of anilines is 1. The number of hydrogen-bond acceptors (Lipinski definition) is 5. The number of benzene rings is 1. The molecule has 2 saturated heterocycles. The first-order chi connectivity index (χ1) is 12.3. The summed E-state index contributed by atoms with van der Waals surface area (Å²) in [5.41, 5.74) is 1.33. The fraction of sp³-hybridized carbons (Fsp3) is 0.650. The molecule has 1 atom stereocenters. The number of hydrogen-bond donors (Lipinski definition) is 0. The second-order valence-corrected chi connectivity index (χ2v) is 7.06. The Balaban J connectivity index is 1.39. The number of ether oxygens (including phenoxy) is 1. The molecule has 25 heavy (non-hydrogen) atoms. The van der Waals surface area contributed by atoms with Gasteiger partial charge in [0.2, 0.25) is 0 Å². The molecule has 0 aromatic heterocycles. The molecule has 5 heteroatoms. The Bertz CT molecular complexity index is 529. The van der Waals surface area contributed by atoms with Crippen LogP contribution in [0.2, 0.25) is 0 Å². The van der Waals surface area contributed by atoms with Crippen LogP contribution >= 0.6 is 0 Å². The van der Waals surface area contributed by atoms with E-state index >= 15 is 0 Å². The fourth-order valence-corrected chi connectivity index (χ4v) is 3.86. The van der Waals surface area contributed by atoms with Gasteiger partial charge >= 0.3 is 5.97 Å². The van der Waals surface area contributed by atoms with Gasteiger partial charge in [-0.25, -0.2) is 0 Å². The van der Waals surface area contributed by atoms with Crippen molar-refractivity contribution in [2.24, 2.45) is 5.92 Å². The molecule has 0 bridgehead atoms. The van der Waals surface area contributed by atoms with E-state index in [1.54, 1.807) is 0 Å². The number of carbonyl (C=O) groups is 1. The van der Waals surface area contributed by atoms with Gasteiger partial charge in [0.15, 0.2) is 0 Å². The lowest BCUT2D eigenvalue weighted by molar-refractivity contribution is -0.149. The minimum absolute atomic E-state index is 0.0105. The lowest BCUT2D eigenvalue weighted by atomic mass is 9.98. The molecule has 2 fully saturated rings. The Morgan fingerprint density at radius 2 is 1.76 bits per heavy atom. The second-order valence-electron chi connectivity index (χ2n) is 7.06. The van der Waals surface area contributed by atoms with Gasteiger partial charge < -0.3 is 14.5 Å². The molecule has 1 unspecified atom stereocenters. The van der Waals surface area contributed by atoms with Crippen molar-refractivity contribution in [3.63, 3.8) is 0 Å². The Kier molecular flexibility index (Phi) is 6.70. The summed E-state index contributed by atoms with van der Waals surface area (Å²) in [5, 5.41) is 0. The smallest absolute Gasteiger partial charge is 0.310 e. The van der Waals surface area contributed by atoms with E-state index in [-0.39, 0.29) is 11.9 Å². The molecule has 0 N–H and O–H groups in total. The van der Waals surface area contributed by atoms with Crippen LogP contribution < -0.4 is 4.90 Å². The summed E-state index contributed by atoms with van der Waals surface area (Å²) in [6.07, 6.45) is 2.08. The molecule has 1 aromatic carbocycles. The number of nitrogens with zero attached hydrogens (tertiary/aromatic N) is 3. The van der Waals surface area contributed by atoms with Gasteiger partial charge in [-0.2, -0.15) is 0 Å². The summed E-state index contributed by atoms with van der Waals surface area (Å²) in [6, 6.07) is 10.7. The maximum atomic E-state index is 12.0. The van der Waals surface area contributed by atoms with Crippen LogP contribution in [0.3, 0.4) is 0 Å². The molecule has 0 saturated carbocycles. The molecule has 138 valence electrons.